The highest BCUT2D eigenvalue weighted by Crippen LogP contribution is 2.34. The Balaban J connectivity index is 2.09. The molecule has 0 aliphatic rings. The summed E-state index contributed by atoms with van der Waals surface area (Å²) in [6.45, 7) is 7.16. The molecule has 2 heteroatoms. The van der Waals surface area contributed by atoms with Crippen LogP contribution >= 0.6 is 0 Å². The van der Waals surface area contributed by atoms with Gasteiger partial charge in [0.25, 0.3) is 0 Å². The van der Waals surface area contributed by atoms with E-state index in [1.54, 1.807) is 6.07 Å². The first-order valence-electron chi connectivity index (χ1n) is 6.00. The van der Waals surface area contributed by atoms with E-state index in [9.17, 15) is 0 Å². The van der Waals surface area contributed by atoms with Crippen molar-refractivity contribution in [2.45, 2.75) is 0 Å². The predicted octanol–water partition coefficient (Wildman–Crippen LogP) is 5.18. The number of ether oxygens (including phenoxy) is 1. The second-order valence-corrected chi connectivity index (χ2v) is 4.16. The summed E-state index contributed by atoms with van der Waals surface area (Å²) in [7, 11) is 0. The lowest BCUT2D eigenvalue weighted by atomic mass is 10.1. The second kappa shape index (κ2) is 4.83. The Labute approximate surface area is 111 Å². The van der Waals surface area contributed by atoms with Crippen molar-refractivity contribution in [3.05, 3.63) is 78.1 Å². The van der Waals surface area contributed by atoms with Crippen molar-refractivity contribution in [1.29, 1.82) is 0 Å². The molecule has 0 N–H and O–H groups in total. The minimum atomic E-state index is 0.524. The Bertz CT molecular complexity index is 766. The van der Waals surface area contributed by atoms with Gasteiger partial charge >= 0.3 is 0 Å². The van der Waals surface area contributed by atoms with Gasteiger partial charge in [-0.05, 0) is 17.5 Å². The molecule has 3 rings (SSSR count). The third-order valence-corrected chi connectivity index (χ3v) is 2.96. The number of benzene rings is 3. The summed E-state index contributed by atoms with van der Waals surface area (Å²) in [5, 5.41) is 2.17. The quantitative estimate of drug-likeness (QED) is 0.567. The molecule has 0 bridgehead atoms. The van der Waals surface area contributed by atoms with Gasteiger partial charge in [-0.25, -0.2) is 4.85 Å². The van der Waals surface area contributed by atoms with E-state index in [0.717, 1.165) is 16.5 Å². The fourth-order valence-electron chi connectivity index (χ4n) is 2.04. The van der Waals surface area contributed by atoms with Crippen LogP contribution in [0.1, 0.15) is 0 Å². The highest BCUT2D eigenvalue weighted by molar-refractivity contribution is 5.88. The zero-order chi connectivity index (χ0) is 13.1. The van der Waals surface area contributed by atoms with Crippen molar-refractivity contribution in [3.63, 3.8) is 0 Å². The predicted molar refractivity (Wildman–Crippen MR) is 76.7 cm³/mol. The lowest BCUT2D eigenvalue weighted by Gasteiger charge is -2.10. The van der Waals surface area contributed by atoms with Gasteiger partial charge in [0.05, 0.1) is 6.57 Å². The van der Waals surface area contributed by atoms with Crippen LogP contribution in [0.15, 0.2) is 66.7 Å². The van der Waals surface area contributed by atoms with Crippen LogP contribution in [0.5, 0.6) is 11.5 Å². The van der Waals surface area contributed by atoms with Crippen LogP contribution in [0.2, 0.25) is 0 Å². The zero-order valence-electron chi connectivity index (χ0n) is 10.2. The fraction of sp³-hybridized carbons (Fsp3) is 0. The van der Waals surface area contributed by atoms with Crippen LogP contribution in [0.25, 0.3) is 15.6 Å². The number of fused-ring (bicyclic) bond motifs is 1. The van der Waals surface area contributed by atoms with Crippen molar-refractivity contribution >= 4 is 16.5 Å². The molecular weight excluding hydrogens is 234 g/mol. The maximum Gasteiger partial charge on any atom is 0.228 e. The summed E-state index contributed by atoms with van der Waals surface area (Å²) in [6, 6.07) is 21.2. The van der Waals surface area contributed by atoms with E-state index in [1.807, 2.05) is 60.7 Å². The first kappa shape index (κ1) is 11.3. The fourth-order valence-corrected chi connectivity index (χ4v) is 2.04. The van der Waals surface area contributed by atoms with Crippen LogP contribution in [-0.4, -0.2) is 0 Å². The monoisotopic (exact) mass is 245 g/mol. The molecule has 0 heterocycles. The van der Waals surface area contributed by atoms with Crippen LogP contribution in [0.4, 0.5) is 5.69 Å². The van der Waals surface area contributed by atoms with Crippen molar-refractivity contribution in [2.24, 2.45) is 0 Å². The van der Waals surface area contributed by atoms with Crippen molar-refractivity contribution in [3.8, 4) is 11.5 Å². The molecule has 0 fully saturated rings. The molecule has 0 amide bonds. The number of nitrogens with zero attached hydrogens (tertiary/aromatic N) is 1. The SMILES string of the molecule is [C-]#[N+]c1ccccc1Oc1cccc2ccccc12. The topological polar surface area (TPSA) is 13.6 Å². The molecule has 0 aliphatic heterocycles. The molecule has 0 aliphatic carbocycles. The molecule has 0 saturated carbocycles. The number of rotatable bonds is 2. The van der Waals surface area contributed by atoms with Crippen molar-refractivity contribution in [2.75, 3.05) is 0 Å². The van der Waals surface area contributed by atoms with E-state index >= 15 is 0 Å². The summed E-state index contributed by atoms with van der Waals surface area (Å²) in [5.41, 5.74) is 0.524. The third kappa shape index (κ3) is 2.14. The average molecular weight is 245 g/mol. The molecule has 0 unspecified atom stereocenters. The van der Waals surface area contributed by atoms with Gasteiger partial charge in [0.1, 0.15) is 11.5 Å². The maximum atomic E-state index is 7.16. The highest BCUT2D eigenvalue weighted by atomic mass is 16.5. The molecule has 90 valence electrons. The Hall–Kier alpha value is -2.79. The van der Waals surface area contributed by atoms with Crippen molar-refractivity contribution in [1.82, 2.24) is 0 Å². The molecule has 0 radical (unpaired) electrons. The van der Waals surface area contributed by atoms with Crippen LogP contribution in [-0.2, 0) is 0 Å². The summed E-state index contributed by atoms with van der Waals surface area (Å²) in [4.78, 5) is 3.47. The van der Waals surface area contributed by atoms with Crippen LogP contribution in [0, 0.1) is 6.57 Å². The van der Waals surface area contributed by atoms with Gasteiger partial charge in [0.15, 0.2) is 0 Å². The average Bonchev–Trinajstić information content (AvgIpc) is 2.48. The minimum absolute atomic E-state index is 0.524. The lowest BCUT2D eigenvalue weighted by molar-refractivity contribution is 0.491. The number of hydrogen-bond acceptors (Lipinski definition) is 1. The lowest BCUT2D eigenvalue weighted by Crippen LogP contribution is -1.85. The molecule has 19 heavy (non-hydrogen) atoms. The molecule has 3 aromatic carbocycles. The Morgan fingerprint density at radius 3 is 2.32 bits per heavy atom. The Morgan fingerprint density at radius 2 is 1.42 bits per heavy atom. The van der Waals surface area contributed by atoms with E-state index in [-0.39, 0.29) is 0 Å². The Morgan fingerprint density at radius 1 is 0.737 bits per heavy atom. The van der Waals surface area contributed by atoms with E-state index in [4.69, 9.17) is 11.3 Å². The number of hydrogen-bond donors (Lipinski definition) is 0. The minimum Gasteiger partial charge on any atom is -0.468 e. The van der Waals surface area contributed by atoms with Crippen LogP contribution in [0.3, 0.4) is 0 Å². The molecule has 2 nitrogen and oxygen atoms in total. The number of para-hydroxylation sites is 2. The summed E-state index contributed by atoms with van der Waals surface area (Å²) in [6.07, 6.45) is 0. The first-order valence-corrected chi connectivity index (χ1v) is 6.00. The molecular formula is C17H11NO. The summed E-state index contributed by atoms with van der Waals surface area (Å²) < 4.78 is 5.90. The normalized spacial score (nSPS) is 10.1. The second-order valence-electron chi connectivity index (χ2n) is 4.16. The van der Waals surface area contributed by atoms with E-state index < -0.39 is 0 Å². The van der Waals surface area contributed by atoms with Gasteiger partial charge in [-0.15, -0.1) is 0 Å². The van der Waals surface area contributed by atoms with Gasteiger partial charge in [0.2, 0.25) is 5.69 Å². The molecule has 3 aromatic rings. The van der Waals surface area contributed by atoms with E-state index in [1.165, 1.54) is 0 Å². The Kier molecular flexibility index (Phi) is 2.88. The van der Waals surface area contributed by atoms with Crippen LogP contribution < -0.4 is 4.74 Å². The van der Waals surface area contributed by atoms with Gasteiger partial charge in [-0.1, -0.05) is 54.6 Å². The smallest absolute Gasteiger partial charge is 0.228 e. The van der Waals surface area contributed by atoms with Crippen molar-refractivity contribution < 1.29 is 4.74 Å². The third-order valence-electron chi connectivity index (χ3n) is 2.96. The largest absolute Gasteiger partial charge is 0.468 e. The maximum absolute atomic E-state index is 7.16. The van der Waals surface area contributed by atoms with Gasteiger partial charge in [-0.2, -0.15) is 0 Å². The molecule has 0 aromatic heterocycles. The zero-order valence-corrected chi connectivity index (χ0v) is 10.2. The molecule has 0 saturated heterocycles. The molecule has 0 spiro atoms. The summed E-state index contributed by atoms with van der Waals surface area (Å²) in [5.74, 6) is 1.36. The summed E-state index contributed by atoms with van der Waals surface area (Å²) >= 11 is 0. The van der Waals surface area contributed by atoms with E-state index in [2.05, 4.69) is 4.85 Å². The highest BCUT2D eigenvalue weighted by Gasteiger charge is 2.06. The molecule has 0 atom stereocenters. The standard InChI is InChI=1S/C17H11NO/c1-18-15-10-4-5-11-17(15)19-16-12-6-8-13-7-2-3-9-14(13)16/h2-12H. The van der Waals surface area contributed by atoms with Gasteiger partial charge < -0.3 is 4.74 Å². The van der Waals surface area contributed by atoms with Gasteiger partial charge in [-0.3, -0.25) is 0 Å². The first-order chi connectivity index (χ1) is 9.38. The van der Waals surface area contributed by atoms with Gasteiger partial charge in [0, 0.05) is 5.39 Å². The van der Waals surface area contributed by atoms with E-state index in [0.29, 0.717) is 11.4 Å².